The van der Waals surface area contributed by atoms with Crippen LogP contribution in [0.4, 0.5) is 0 Å². The van der Waals surface area contributed by atoms with E-state index in [1.54, 1.807) is 0 Å². The summed E-state index contributed by atoms with van der Waals surface area (Å²) in [5.74, 6) is 0. The van der Waals surface area contributed by atoms with Gasteiger partial charge in [0.15, 0.2) is 0 Å². The van der Waals surface area contributed by atoms with Crippen LogP contribution >= 0.6 is 15.9 Å². The third-order valence-corrected chi connectivity index (χ3v) is 2.42. The van der Waals surface area contributed by atoms with Gasteiger partial charge in [0.1, 0.15) is 0 Å². The van der Waals surface area contributed by atoms with Gasteiger partial charge in [-0.2, -0.15) is 0 Å². The normalized spacial score (nSPS) is 13.1. The summed E-state index contributed by atoms with van der Waals surface area (Å²) in [6.07, 6.45) is 0. The maximum atomic E-state index is 5.79. The molecule has 0 aliphatic carbocycles. The van der Waals surface area contributed by atoms with E-state index in [0.717, 1.165) is 4.47 Å². The SMILES string of the molecule is Cc1cccc(Br)c1[C@@H](C)N. The Morgan fingerprint density at radius 3 is 2.45 bits per heavy atom. The molecule has 0 aromatic heterocycles. The minimum absolute atomic E-state index is 0.102. The highest BCUT2D eigenvalue weighted by atomic mass is 79.9. The molecule has 60 valence electrons. The van der Waals surface area contributed by atoms with Crippen LogP contribution < -0.4 is 5.73 Å². The summed E-state index contributed by atoms with van der Waals surface area (Å²) in [7, 11) is 0. The van der Waals surface area contributed by atoms with E-state index in [-0.39, 0.29) is 6.04 Å². The second-order valence-electron chi connectivity index (χ2n) is 2.76. The molecule has 1 atom stereocenters. The van der Waals surface area contributed by atoms with Crippen molar-refractivity contribution in [2.24, 2.45) is 5.73 Å². The molecule has 0 saturated heterocycles. The van der Waals surface area contributed by atoms with E-state index in [0.29, 0.717) is 0 Å². The molecule has 0 saturated carbocycles. The number of nitrogens with two attached hydrogens (primary N) is 1. The van der Waals surface area contributed by atoms with Gasteiger partial charge in [0, 0.05) is 10.5 Å². The van der Waals surface area contributed by atoms with Gasteiger partial charge >= 0.3 is 0 Å². The first-order valence-electron chi connectivity index (χ1n) is 3.63. The monoisotopic (exact) mass is 213 g/mol. The average molecular weight is 214 g/mol. The van der Waals surface area contributed by atoms with E-state index >= 15 is 0 Å². The number of aryl methyl sites for hydroxylation is 1. The number of benzene rings is 1. The molecule has 0 bridgehead atoms. The summed E-state index contributed by atoms with van der Waals surface area (Å²) in [6.45, 7) is 4.07. The summed E-state index contributed by atoms with van der Waals surface area (Å²) < 4.78 is 1.10. The molecule has 0 fully saturated rings. The molecule has 1 rings (SSSR count). The van der Waals surface area contributed by atoms with E-state index in [1.807, 2.05) is 19.1 Å². The van der Waals surface area contributed by atoms with Crippen molar-refractivity contribution in [3.8, 4) is 0 Å². The Kier molecular flexibility index (Phi) is 2.68. The lowest BCUT2D eigenvalue weighted by atomic mass is 10.0. The highest BCUT2D eigenvalue weighted by molar-refractivity contribution is 9.10. The Balaban J connectivity index is 3.21. The Morgan fingerprint density at radius 1 is 1.45 bits per heavy atom. The highest BCUT2D eigenvalue weighted by Crippen LogP contribution is 2.24. The van der Waals surface area contributed by atoms with Crippen LogP contribution in [0.15, 0.2) is 22.7 Å². The largest absolute Gasteiger partial charge is 0.324 e. The second-order valence-corrected chi connectivity index (χ2v) is 3.61. The third kappa shape index (κ3) is 1.82. The zero-order valence-electron chi connectivity index (χ0n) is 6.76. The lowest BCUT2D eigenvalue weighted by Crippen LogP contribution is -2.07. The topological polar surface area (TPSA) is 26.0 Å². The summed E-state index contributed by atoms with van der Waals surface area (Å²) in [4.78, 5) is 0. The quantitative estimate of drug-likeness (QED) is 0.764. The van der Waals surface area contributed by atoms with Crippen LogP contribution in [-0.2, 0) is 0 Å². The van der Waals surface area contributed by atoms with Crippen molar-refractivity contribution < 1.29 is 0 Å². The lowest BCUT2D eigenvalue weighted by Gasteiger charge is -2.11. The van der Waals surface area contributed by atoms with Crippen LogP contribution in [0.25, 0.3) is 0 Å². The van der Waals surface area contributed by atoms with Crippen molar-refractivity contribution in [1.29, 1.82) is 0 Å². The predicted octanol–water partition coefficient (Wildman–Crippen LogP) is 2.78. The molecule has 0 heterocycles. The van der Waals surface area contributed by atoms with Crippen LogP contribution in [0.2, 0.25) is 0 Å². The molecule has 1 nitrogen and oxygen atoms in total. The first-order valence-corrected chi connectivity index (χ1v) is 4.43. The fraction of sp³-hybridized carbons (Fsp3) is 0.333. The standard InChI is InChI=1S/C9H12BrN/c1-6-4-3-5-8(10)9(6)7(2)11/h3-5,7H,11H2,1-2H3/t7-/m1/s1. The van der Waals surface area contributed by atoms with Gasteiger partial charge in [-0.05, 0) is 31.0 Å². The zero-order valence-corrected chi connectivity index (χ0v) is 8.35. The Hall–Kier alpha value is -0.340. The number of rotatable bonds is 1. The first kappa shape index (κ1) is 8.75. The van der Waals surface area contributed by atoms with E-state index in [4.69, 9.17) is 5.73 Å². The molecule has 0 aliphatic heterocycles. The first-order chi connectivity index (χ1) is 5.13. The van der Waals surface area contributed by atoms with Crippen molar-refractivity contribution in [2.45, 2.75) is 19.9 Å². The molecule has 0 aliphatic rings. The third-order valence-electron chi connectivity index (χ3n) is 1.73. The predicted molar refractivity (Wildman–Crippen MR) is 51.5 cm³/mol. The van der Waals surface area contributed by atoms with Gasteiger partial charge in [-0.3, -0.25) is 0 Å². The van der Waals surface area contributed by atoms with Crippen LogP contribution in [0, 0.1) is 6.92 Å². The fourth-order valence-corrected chi connectivity index (χ4v) is 2.05. The number of hydrogen-bond acceptors (Lipinski definition) is 1. The number of hydrogen-bond donors (Lipinski definition) is 1. The highest BCUT2D eigenvalue weighted by Gasteiger charge is 2.06. The molecule has 1 aromatic carbocycles. The van der Waals surface area contributed by atoms with E-state index in [1.165, 1.54) is 11.1 Å². The maximum absolute atomic E-state index is 5.79. The minimum Gasteiger partial charge on any atom is -0.324 e. The van der Waals surface area contributed by atoms with Crippen LogP contribution in [0.3, 0.4) is 0 Å². The van der Waals surface area contributed by atoms with Crippen molar-refractivity contribution in [3.05, 3.63) is 33.8 Å². The Labute approximate surface area is 75.7 Å². The van der Waals surface area contributed by atoms with Gasteiger partial charge in [-0.25, -0.2) is 0 Å². The molecule has 0 spiro atoms. The number of halogens is 1. The summed E-state index contributed by atoms with van der Waals surface area (Å²) >= 11 is 3.47. The molecule has 0 amide bonds. The van der Waals surface area contributed by atoms with Crippen LogP contribution in [-0.4, -0.2) is 0 Å². The fourth-order valence-electron chi connectivity index (χ4n) is 1.22. The molecular weight excluding hydrogens is 202 g/mol. The summed E-state index contributed by atoms with van der Waals surface area (Å²) in [6, 6.07) is 6.21. The van der Waals surface area contributed by atoms with E-state index in [9.17, 15) is 0 Å². The second kappa shape index (κ2) is 3.37. The van der Waals surface area contributed by atoms with Crippen LogP contribution in [0.1, 0.15) is 24.1 Å². The smallest absolute Gasteiger partial charge is 0.0279 e. The van der Waals surface area contributed by atoms with Crippen molar-refractivity contribution in [3.63, 3.8) is 0 Å². The van der Waals surface area contributed by atoms with Gasteiger partial charge in [0.2, 0.25) is 0 Å². The summed E-state index contributed by atoms with van der Waals surface area (Å²) in [5.41, 5.74) is 8.23. The minimum atomic E-state index is 0.102. The molecular formula is C9H12BrN. The molecule has 0 radical (unpaired) electrons. The van der Waals surface area contributed by atoms with Crippen molar-refractivity contribution >= 4 is 15.9 Å². The van der Waals surface area contributed by atoms with Crippen molar-refractivity contribution in [2.75, 3.05) is 0 Å². The molecule has 2 N–H and O–H groups in total. The van der Waals surface area contributed by atoms with E-state index in [2.05, 4.69) is 28.9 Å². The van der Waals surface area contributed by atoms with Gasteiger partial charge in [0.25, 0.3) is 0 Å². The average Bonchev–Trinajstić information content (AvgIpc) is 1.85. The van der Waals surface area contributed by atoms with E-state index < -0.39 is 0 Å². The molecule has 0 unspecified atom stereocenters. The molecule has 2 heteroatoms. The Morgan fingerprint density at radius 2 is 2.09 bits per heavy atom. The van der Waals surface area contributed by atoms with Crippen LogP contribution in [0.5, 0.6) is 0 Å². The van der Waals surface area contributed by atoms with Crippen molar-refractivity contribution in [1.82, 2.24) is 0 Å². The lowest BCUT2D eigenvalue weighted by molar-refractivity contribution is 0.805. The Bertz CT molecular complexity index is 235. The van der Waals surface area contributed by atoms with Gasteiger partial charge in [-0.15, -0.1) is 0 Å². The summed E-state index contributed by atoms with van der Waals surface area (Å²) in [5, 5.41) is 0. The molecule has 1 aromatic rings. The van der Waals surface area contributed by atoms with Gasteiger partial charge < -0.3 is 5.73 Å². The maximum Gasteiger partial charge on any atom is 0.0279 e. The zero-order chi connectivity index (χ0) is 8.43. The van der Waals surface area contributed by atoms with Gasteiger partial charge in [0.05, 0.1) is 0 Å². The van der Waals surface area contributed by atoms with Gasteiger partial charge in [-0.1, -0.05) is 28.1 Å². The molecule has 11 heavy (non-hydrogen) atoms.